The van der Waals surface area contributed by atoms with Gasteiger partial charge in [0.1, 0.15) is 22.3 Å². The molecule has 2 aromatic heterocycles. The van der Waals surface area contributed by atoms with E-state index in [2.05, 4.69) is 20.6 Å². The molecule has 0 unspecified atom stereocenters. The minimum absolute atomic E-state index is 0.194. The first kappa shape index (κ1) is 23.3. The lowest BCUT2D eigenvalue weighted by molar-refractivity contribution is 0.0261. The lowest BCUT2D eigenvalue weighted by atomic mass is 9.72. The highest BCUT2D eigenvalue weighted by molar-refractivity contribution is 7.99. The molecule has 2 aliphatic heterocycles. The predicted molar refractivity (Wildman–Crippen MR) is 134 cm³/mol. The van der Waals surface area contributed by atoms with Crippen LogP contribution in [0.4, 0.5) is 27.9 Å². The maximum atomic E-state index is 12.5. The third-order valence-electron chi connectivity index (χ3n) is 6.68. The van der Waals surface area contributed by atoms with E-state index in [1.54, 1.807) is 12.4 Å². The van der Waals surface area contributed by atoms with Gasteiger partial charge >= 0.3 is 6.09 Å². The maximum absolute atomic E-state index is 12.5. The molecule has 9 nitrogen and oxygen atoms in total. The van der Waals surface area contributed by atoms with Crippen LogP contribution < -0.4 is 16.4 Å². The molecule has 4 heterocycles. The van der Waals surface area contributed by atoms with Crippen molar-refractivity contribution in [2.75, 3.05) is 29.5 Å². The Bertz CT molecular complexity index is 1120. The smallest absolute Gasteiger partial charge is 0.410 e. The molecule has 1 saturated carbocycles. The van der Waals surface area contributed by atoms with E-state index in [9.17, 15) is 4.79 Å². The first-order valence-electron chi connectivity index (χ1n) is 11.6. The van der Waals surface area contributed by atoms with Gasteiger partial charge in [0.2, 0.25) is 0 Å². The first-order chi connectivity index (χ1) is 16.1. The molecule has 4 N–H and O–H groups in total. The average Bonchev–Trinajstić information content (AvgIpc) is 3.20. The van der Waals surface area contributed by atoms with E-state index < -0.39 is 5.60 Å². The number of halogens is 1. The molecule has 3 aliphatic rings. The molecule has 2 fully saturated rings. The normalized spacial score (nSPS) is 23.8. The minimum Gasteiger partial charge on any atom is -0.444 e. The van der Waals surface area contributed by atoms with Crippen molar-refractivity contribution in [3.8, 4) is 0 Å². The third kappa shape index (κ3) is 4.70. The van der Waals surface area contributed by atoms with Crippen molar-refractivity contribution in [1.29, 1.82) is 0 Å². The van der Waals surface area contributed by atoms with Gasteiger partial charge in [0.25, 0.3) is 0 Å². The largest absolute Gasteiger partial charge is 0.444 e. The van der Waals surface area contributed by atoms with Crippen LogP contribution >= 0.6 is 23.4 Å². The Morgan fingerprint density at radius 1 is 1.29 bits per heavy atom. The Morgan fingerprint density at radius 2 is 2.06 bits per heavy atom. The lowest BCUT2D eigenvalue weighted by Crippen LogP contribution is -2.39. The van der Waals surface area contributed by atoms with Gasteiger partial charge in [-0.25, -0.2) is 19.7 Å². The molecule has 2 aromatic rings. The van der Waals surface area contributed by atoms with Crippen molar-refractivity contribution in [1.82, 2.24) is 19.9 Å². The number of pyridine rings is 1. The Kier molecular flexibility index (Phi) is 5.92. The third-order valence-corrected chi connectivity index (χ3v) is 8.30. The van der Waals surface area contributed by atoms with E-state index >= 15 is 0 Å². The molecule has 0 radical (unpaired) electrons. The van der Waals surface area contributed by atoms with Gasteiger partial charge in [0.05, 0.1) is 28.0 Å². The number of hydrogen-bond acceptors (Lipinski definition) is 9. The number of aromatic nitrogens is 3. The summed E-state index contributed by atoms with van der Waals surface area (Å²) in [6.07, 6.45) is 8.50. The fourth-order valence-electron chi connectivity index (χ4n) is 4.91. The molecule has 0 atom stereocenters. The molecular formula is C23H30ClN7O2S. The number of carbonyl (C=O) groups excluding carboxylic acids is 1. The highest BCUT2D eigenvalue weighted by Crippen LogP contribution is 2.47. The molecule has 1 amide bonds. The van der Waals surface area contributed by atoms with E-state index in [1.807, 2.05) is 25.7 Å². The molecule has 1 saturated heterocycles. The summed E-state index contributed by atoms with van der Waals surface area (Å²) in [5, 5.41) is 8.01. The Morgan fingerprint density at radius 3 is 2.79 bits per heavy atom. The summed E-state index contributed by atoms with van der Waals surface area (Å²) in [5.41, 5.74) is 6.34. The van der Waals surface area contributed by atoms with Gasteiger partial charge < -0.3 is 26.0 Å². The van der Waals surface area contributed by atoms with Gasteiger partial charge in [-0.1, -0.05) is 23.4 Å². The van der Waals surface area contributed by atoms with Crippen molar-refractivity contribution in [2.24, 2.45) is 5.41 Å². The van der Waals surface area contributed by atoms with Crippen LogP contribution in [0.2, 0.25) is 5.02 Å². The van der Waals surface area contributed by atoms with Crippen molar-refractivity contribution in [3.63, 3.8) is 0 Å². The van der Waals surface area contributed by atoms with Crippen molar-refractivity contribution in [2.45, 2.75) is 74.4 Å². The zero-order valence-corrected chi connectivity index (χ0v) is 21.2. The summed E-state index contributed by atoms with van der Waals surface area (Å²) in [6, 6.07) is 0.327. The highest BCUT2D eigenvalue weighted by atomic mass is 35.5. The first-order valence-corrected chi connectivity index (χ1v) is 12.8. The maximum Gasteiger partial charge on any atom is 0.410 e. The van der Waals surface area contributed by atoms with E-state index in [0.717, 1.165) is 66.6 Å². The zero-order valence-electron chi connectivity index (χ0n) is 19.7. The van der Waals surface area contributed by atoms with Crippen molar-refractivity contribution in [3.05, 3.63) is 17.4 Å². The molecule has 5 rings (SSSR count). The molecule has 11 heteroatoms. The summed E-state index contributed by atoms with van der Waals surface area (Å²) >= 11 is 7.74. The van der Waals surface area contributed by atoms with Crippen molar-refractivity contribution >= 4 is 52.6 Å². The fraction of sp³-hybridized carbons (Fsp3) is 0.565. The SMILES string of the molecule is CC(C)(C)OC(=O)N1CCC2(CCC(Nc3cnc4c(n3)Nc3cnc(N)c(Cl)c3S4)CC2)C1. The Labute approximate surface area is 208 Å². The molecule has 1 spiro atoms. The summed E-state index contributed by atoms with van der Waals surface area (Å²) in [7, 11) is 0. The number of hydrogen-bond donors (Lipinski definition) is 3. The molecule has 0 aromatic carbocycles. The molecule has 0 bridgehead atoms. The number of rotatable bonds is 2. The number of carbonyl (C=O) groups is 1. The predicted octanol–water partition coefficient (Wildman–Crippen LogP) is 5.30. The number of ether oxygens (including phenoxy) is 1. The monoisotopic (exact) mass is 503 g/mol. The number of nitrogens with one attached hydrogen (secondary N) is 2. The summed E-state index contributed by atoms with van der Waals surface area (Å²) < 4.78 is 5.57. The van der Waals surface area contributed by atoms with Crippen LogP contribution in [0, 0.1) is 5.41 Å². The summed E-state index contributed by atoms with van der Waals surface area (Å²) in [4.78, 5) is 28.6. The molecular weight excluding hydrogens is 474 g/mol. The highest BCUT2D eigenvalue weighted by Gasteiger charge is 2.43. The standard InChI is InChI=1S/C23H30ClN7O2S/c1-22(2,3)33-21(32)31-9-8-23(12-31)6-4-13(5-7-23)28-15-11-27-20-19(30-15)29-14-10-26-18(25)16(24)17(14)34-20/h10-11,13H,4-9,12H2,1-3H3,(H2,25,26)(H2,28,29,30). The molecule has 182 valence electrons. The van der Waals surface area contributed by atoms with E-state index in [-0.39, 0.29) is 11.5 Å². The van der Waals surface area contributed by atoms with Crippen LogP contribution in [0.1, 0.15) is 52.9 Å². The number of anilines is 4. The lowest BCUT2D eigenvalue weighted by Gasteiger charge is -2.37. The van der Waals surface area contributed by atoms with Gasteiger partial charge in [-0.05, 0) is 58.3 Å². The fourth-order valence-corrected chi connectivity index (χ4v) is 6.08. The summed E-state index contributed by atoms with van der Waals surface area (Å²) in [6.45, 7) is 7.29. The van der Waals surface area contributed by atoms with Crippen LogP contribution in [0.25, 0.3) is 0 Å². The quantitative estimate of drug-likeness (QED) is 0.428. The van der Waals surface area contributed by atoms with Gasteiger partial charge in [0, 0.05) is 19.1 Å². The molecule has 1 aliphatic carbocycles. The van der Waals surface area contributed by atoms with Crippen LogP contribution in [0.5, 0.6) is 0 Å². The number of nitrogens with zero attached hydrogens (tertiary/aromatic N) is 4. The topological polar surface area (TPSA) is 118 Å². The summed E-state index contributed by atoms with van der Waals surface area (Å²) in [5.74, 6) is 1.73. The number of likely N-dealkylation sites (tertiary alicyclic amines) is 1. The van der Waals surface area contributed by atoms with Gasteiger partial charge in [0.15, 0.2) is 5.82 Å². The second-order valence-electron chi connectivity index (χ2n) is 10.4. The van der Waals surface area contributed by atoms with Crippen LogP contribution in [0.3, 0.4) is 0 Å². The van der Waals surface area contributed by atoms with Crippen molar-refractivity contribution < 1.29 is 9.53 Å². The van der Waals surface area contributed by atoms with E-state index in [4.69, 9.17) is 27.1 Å². The average molecular weight is 504 g/mol. The number of fused-ring (bicyclic) bond motifs is 2. The van der Waals surface area contributed by atoms with Crippen LogP contribution in [0.15, 0.2) is 22.3 Å². The molecule has 34 heavy (non-hydrogen) atoms. The second kappa shape index (κ2) is 8.64. The zero-order chi connectivity index (χ0) is 24.1. The Balaban J connectivity index is 1.18. The van der Waals surface area contributed by atoms with E-state index in [1.165, 1.54) is 11.8 Å². The number of amides is 1. The van der Waals surface area contributed by atoms with Crippen LogP contribution in [-0.2, 0) is 4.74 Å². The second-order valence-corrected chi connectivity index (χ2v) is 11.8. The van der Waals surface area contributed by atoms with E-state index in [0.29, 0.717) is 22.7 Å². The van der Waals surface area contributed by atoms with Crippen LogP contribution in [-0.4, -0.2) is 50.7 Å². The number of nitrogens with two attached hydrogens (primary N) is 1. The minimum atomic E-state index is -0.462. The van der Waals surface area contributed by atoms with Gasteiger partial charge in [-0.3, -0.25) is 0 Å². The Hall–Kier alpha value is -2.46. The van der Waals surface area contributed by atoms with Gasteiger partial charge in [-0.15, -0.1) is 0 Å². The van der Waals surface area contributed by atoms with Gasteiger partial charge in [-0.2, -0.15) is 0 Å². The number of nitrogen functional groups attached to an aromatic ring is 1.